The molecular formula is C23H25N5OS. The van der Waals surface area contributed by atoms with Gasteiger partial charge in [-0.05, 0) is 62.3 Å². The van der Waals surface area contributed by atoms with E-state index in [1.807, 2.05) is 30.3 Å². The first-order chi connectivity index (χ1) is 14.8. The molecule has 1 saturated heterocycles. The number of rotatable bonds is 8. The van der Waals surface area contributed by atoms with Gasteiger partial charge in [-0.1, -0.05) is 36.4 Å². The number of ether oxygens (including phenoxy) is 1. The van der Waals surface area contributed by atoms with Crippen LogP contribution in [-0.4, -0.2) is 45.1 Å². The molecule has 0 atom stereocenters. The topological polar surface area (TPSA) is 67.0 Å². The van der Waals surface area contributed by atoms with Crippen LogP contribution in [0.5, 0.6) is 5.75 Å². The van der Waals surface area contributed by atoms with Crippen molar-refractivity contribution in [3.63, 3.8) is 0 Å². The third-order valence-corrected chi connectivity index (χ3v) is 5.99. The first-order valence-corrected chi connectivity index (χ1v) is 11.3. The molecule has 3 aromatic rings. The third-order valence-electron chi connectivity index (χ3n) is 5.10. The van der Waals surface area contributed by atoms with Crippen LogP contribution in [0.25, 0.3) is 5.69 Å². The van der Waals surface area contributed by atoms with E-state index < -0.39 is 0 Å². The number of para-hydroxylation sites is 1. The molecule has 4 rings (SSSR count). The summed E-state index contributed by atoms with van der Waals surface area (Å²) >= 11 is 1.65. The van der Waals surface area contributed by atoms with Gasteiger partial charge in [-0.25, -0.2) is 0 Å². The molecule has 1 aromatic heterocycles. The number of piperidine rings is 1. The van der Waals surface area contributed by atoms with Crippen molar-refractivity contribution in [2.75, 3.05) is 25.4 Å². The molecule has 0 bridgehead atoms. The highest BCUT2D eigenvalue weighted by Crippen LogP contribution is 2.24. The maximum atomic E-state index is 8.88. The van der Waals surface area contributed by atoms with Gasteiger partial charge in [-0.2, -0.15) is 5.26 Å². The van der Waals surface area contributed by atoms with E-state index in [0.717, 1.165) is 47.8 Å². The summed E-state index contributed by atoms with van der Waals surface area (Å²) in [5, 5.41) is 18.8. The Kier molecular flexibility index (Phi) is 7.01. The molecule has 0 aliphatic carbocycles. The van der Waals surface area contributed by atoms with Crippen LogP contribution in [0.15, 0.2) is 59.8 Å². The van der Waals surface area contributed by atoms with E-state index in [4.69, 9.17) is 10.00 Å². The standard InChI is InChI=1S/C23H25N5OS/c24-17-19-9-11-21(12-10-19)29-15-16-30-23-26-25-22(18-27-13-5-2-6-14-27)28(23)20-7-3-1-4-8-20/h1,3-4,7-12H,2,5-6,13-16,18H2. The van der Waals surface area contributed by atoms with Crippen molar-refractivity contribution in [2.45, 2.75) is 31.0 Å². The maximum Gasteiger partial charge on any atom is 0.195 e. The second-order valence-electron chi connectivity index (χ2n) is 7.24. The molecular weight excluding hydrogens is 394 g/mol. The Hall–Kier alpha value is -2.82. The van der Waals surface area contributed by atoms with Crippen molar-refractivity contribution in [2.24, 2.45) is 0 Å². The lowest BCUT2D eigenvalue weighted by atomic mass is 10.1. The summed E-state index contributed by atoms with van der Waals surface area (Å²) in [4.78, 5) is 2.47. The van der Waals surface area contributed by atoms with Gasteiger partial charge in [0.15, 0.2) is 11.0 Å². The Bertz CT molecular complexity index is 975. The van der Waals surface area contributed by atoms with E-state index in [2.05, 4.69) is 37.9 Å². The van der Waals surface area contributed by atoms with Crippen LogP contribution in [0.4, 0.5) is 0 Å². The van der Waals surface area contributed by atoms with E-state index in [-0.39, 0.29) is 0 Å². The summed E-state index contributed by atoms with van der Waals surface area (Å²) in [5.41, 5.74) is 1.72. The zero-order valence-corrected chi connectivity index (χ0v) is 17.7. The average Bonchev–Trinajstić information content (AvgIpc) is 3.20. The van der Waals surface area contributed by atoms with Gasteiger partial charge in [0, 0.05) is 11.4 Å². The van der Waals surface area contributed by atoms with Crippen molar-refractivity contribution >= 4 is 11.8 Å². The van der Waals surface area contributed by atoms with Crippen LogP contribution in [0.1, 0.15) is 30.7 Å². The van der Waals surface area contributed by atoms with Gasteiger partial charge < -0.3 is 4.74 Å². The molecule has 1 fully saturated rings. The number of nitrogens with zero attached hydrogens (tertiary/aromatic N) is 5. The van der Waals surface area contributed by atoms with Crippen LogP contribution >= 0.6 is 11.8 Å². The normalized spacial score (nSPS) is 14.4. The minimum Gasteiger partial charge on any atom is -0.493 e. The smallest absolute Gasteiger partial charge is 0.195 e. The first-order valence-electron chi connectivity index (χ1n) is 10.3. The number of nitriles is 1. The molecule has 30 heavy (non-hydrogen) atoms. The lowest BCUT2D eigenvalue weighted by Crippen LogP contribution is -2.30. The summed E-state index contributed by atoms with van der Waals surface area (Å²) in [5.74, 6) is 2.51. The molecule has 6 nitrogen and oxygen atoms in total. The highest BCUT2D eigenvalue weighted by atomic mass is 32.2. The first kappa shape index (κ1) is 20.5. The Morgan fingerprint density at radius 3 is 2.47 bits per heavy atom. The average molecular weight is 420 g/mol. The Morgan fingerprint density at radius 2 is 1.73 bits per heavy atom. The molecule has 0 unspecified atom stereocenters. The molecule has 0 radical (unpaired) electrons. The monoisotopic (exact) mass is 419 g/mol. The molecule has 1 aliphatic rings. The summed E-state index contributed by atoms with van der Waals surface area (Å²) in [6, 6.07) is 19.6. The highest BCUT2D eigenvalue weighted by Gasteiger charge is 2.18. The maximum absolute atomic E-state index is 8.88. The van der Waals surface area contributed by atoms with Gasteiger partial charge in [0.1, 0.15) is 5.75 Å². The summed E-state index contributed by atoms with van der Waals surface area (Å²) in [6.45, 7) is 3.63. The summed E-state index contributed by atoms with van der Waals surface area (Å²) in [7, 11) is 0. The van der Waals surface area contributed by atoms with Gasteiger partial charge >= 0.3 is 0 Å². The summed E-state index contributed by atoms with van der Waals surface area (Å²) < 4.78 is 7.97. The lowest BCUT2D eigenvalue weighted by Gasteiger charge is -2.26. The van der Waals surface area contributed by atoms with Crippen molar-refractivity contribution in [1.82, 2.24) is 19.7 Å². The van der Waals surface area contributed by atoms with E-state index >= 15 is 0 Å². The van der Waals surface area contributed by atoms with E-state index in [1.165, 1.54) is 19.3 Å². The second-order valence-corrected chi connectivity index (χ2v) is 8.30. The number of hydrogen-bond donors (Lipinski definition) is 0. The van der Waals surface area contributed by atoms with Crippen LogP contribution in [-0.2, 0) is 6.54 Å². The largest absolute Gasteiger partial charge is 0.493 e. The van der Waals surface area contributed by atoms with Crippen LogP contribution in [0.3, 0.4) is 0 Å². The molecule has 2 aromatic carbocycles. The predicted octanol–water partition coefficient (Wildman–Crippen LogP) is 4.30. The molecule has 154 valence electrons. The fourth-order valence-corrected chi connectivity index (χ4v) is 4.36. The van der Waals surface area contributed by atoms with E-state index in [9.17, 15) is 0 Å². The van der Waals surface area contributed by atoms with Gasteiger partial charge in [-0.15, -0.1) is 10.2 Å². The summed E-state index contributed by atoms with van der Waals surface area (Å²) in [6.07, 6.45) is 3.84. The lowest BCUT2D eigenvalue weighted by molar-refractivity contribution is 0.214. The molecule has 2 heterocycles. The van der Waals surface area contributed by atoms with Gasteiger partial charge in [0.05, 0.1) is 24.8 Å². The SMILES string of the molecule is N#Cc1ccc(OCCSc2nnc(CN3CCCCC3)n2-c2ccccc2)cc1. The third kappa shape index (κ3) is 5.21. The fraction of sp³-hybridized carbons (Fsp3) is 0.348. The molecule has 0 N–H and O–H groups in total. The number of benzene rings is 2. The zero-order chi connectivity index (χ0) is 20.6. The molecule has 0 spiro atoms. The van der Waals surface area contributed by atoms with E-state index in [0.29, 0.717) is 12.2 Å². The molecule has 1 aliphatic heterocycles. The van der Waals surface area contributed by atoms with Crippen LogP contribution in [0, 0.1) is 11.3 Å². The molecule has 0 saturated carbocycles. The van der Waals surface area contributed by atoms with Crippen molar-refractivity contribution in [1.29, 1.82) is 5.26 Å². The Morgan fingerprint density at radius 1 is 0.967 bits per heavy atom. The number of aromatic nitrogens is 3. The zero-order valence-electron chi connectivity index (χ0n) is 16.9. The Balaban J connectivity index is 1.42. The van der Waals surface area contributed by atoms with Crippen molar-refractivity contribution in [3.05, 3.63) is 66.0 Å². The minimum atomic E-state index is 0.555. The van der Waals surface area contributed by atoms with Crippen molar-refractivity contribution < 1.29 is 4.74 Å². The number of thioether (sulfide) groups is 1. The van der Waals surface area contributed by atoms with Crippen LogP contribution < -0.4 is 4.74 Å². The van der Waals surface area contributed by atoms with Gasteiger partial charge in [0.2, 0.25) is 0 Å². The van der Waals surface area contributed by atoms with E-state index in [1.54, 1.807) is 23.9 Å². The Labute approximate surface area is 181 Å². The van der Waals surface area contributed by atoms with Crippen molar-refractivity contribution in [3.8, 4) is 17.5 Å². The molecule has 0 amide bonds. The quantitative estimate of drug-likeness (QED) is 0.401. The number of hydrogen-bond acceptors (Lipinski definition) is 6. The van der Waals surface area contributed by atoms with Gasteiger partial charge in [0.25, 0.3) is 0 Å². The minimum absolute atomic E-state index is 0.555. The van der Waals surface area contributed by atoms with Gasteiger partial charge in [-0.3, -0.25) is 9.47 Å². The fourth-order valence-electron chi connectivity index (χ4n) is 3.57. The predicted molar refractivity (Wildman–Crippen MR) is 118 cm³/mol. The highest BCUT2D eigenvalue weighted by molar-refractivity contribution is 7.99. The number of likely N-dealkylation sites (tertiary alicyclic amines) is 1. The second kappa shape index (κ2) is 10.3. The molecule has 7 heteroatoms. The van der Waals surface area contributed by atoms with Crippen LogP contribution in [0.2, 0.25) is 0 Å².